The predicted octanol–water partition coefficient (Wildman–Crippen LogP) is 3.14. The molecule has 0 aliphatic carbocycles. The van der Waals surface area contributed by atoms with E-state index in [-0.39, 0.29) is 5.56 Å². The summed E-state index contributed by atoms with van der Waals surface area (Å²) in [5.41, 5.74) is 1.93. The van der Waals surface area contributed by atoms with E-state index in [4.69, 9.17) is 0 Å². The SMILES string of the molecule is O=C1Nc2ccccc2Nc2cccc(F)c21. The van der Waals surface area contributed by atoms with Crippen molar-refractivity contribution < 1.29 is 9.18 Å². The molecule has 84 valence electrons. The van der Waals surface area contributed by atoms with Crippen LogP contribution in [0, 0.1) is 5.82 Å². The van der Waals surface area contributed by atoms with E-state index in [0.717, 1.165) is 5.69 Å². The van der Waals surface area contributed by atoms with E-state index in [9.17, 15) is 9.18 Å². The van der Waals surface area contributed by atoms with Gasteiger partial charge in [0.05, 0.1) is 22.6 Å². The number of hydrogen-bond donors (Lipinski definition) is 2. The number of halogens is 1. The molecule has 0 unspecified atom stereocenters. The molecule has 0 atom stereocenters. The monoisotopic (exact) mass is 228 g/mol. The largest absolute Gasteiger partial charge is 0.353 e. The van der Waals surface area contributed by atoms with Crippen LogP contribution in [0.25, 0.3) is 0 Å². The van der Waals surface area contributed by atoms with Crippen molar-refractivity contribution in [1.82, 2.24) is 0 Å². The van der Waals surface area contributed by atoms with Crippen LogP contribution >= 0.6 is 0 Å². The maximum Gasteiger partial charge on any atom is 0.260 e. The van der Waals surface area contributed by atoms with Crippen molar-refractivity contribution in [2.75, 3.05) is 10.6 Å². The average molecular weight is 228 g/mol. The zero-order valence-electron chi connectivity index (χ0n) is 8.83. The van der Waals surface area contributed by atoms with Crippen LogP contribution in [0.15, 0.2) is 42.5 Å². The van der Waals surface area contributed by atoms with E-state index in [1.807, 2.05) is 18.2 Å². The van der Waals surface area contributed by atoms with Gasteiger partial charge in [0.2, 0.25) is 0 Å². The summed E-state index contributed by atoms with van der Waals surface area (Å²) in [5, 5.41) is 5.73. The minimum atomic E-state index is -0.527. The lowest BCUT2D eigenvalue weighted by Crippen LogP contribution is -2.12. The molecule has 1 aliphatic heterocycles. The summed E-state index contributed by atoms with van der Waals surface area (Å²) in [4.78, 5) is 11.9. The lowest BCUT2D eigenvalue weighted by Gasteiger charge is -2.07. The smallest absolute Gasteiger partial charge is 0.260 e. The Hall–Kier alpha value is -2.36. The Morgan fingerprint density at radius 1 is 0.824 bits per heavy atom. The van der Waals surface area contributed by atoms with Gasteiger partial charge in [-0.25, -0.2) is 4.39 Å². The van der Waals surface area contributed by atoms with Gasteiger partial charge in [-0.1, -0.05) is 18.2 Å². The van der Waals surface area contributed by atoms with Crippen molar-refractivity contribution >= 4 is 23.0 Å². The summed E-state index contributed by atoms with van der Waals surface area (Å²) in [6.45, 7) is 0. The molecule has 2 aromatic carbocycles. The quantitative estimate of drug-likeness (QED) is 0.727. The second-order valence-corrected chi connectivity index (χ2v) is 3.79. The molecule has 2 aromatic rings. The first-order valence-electron chi connectivity index (χ1n) is 5.21. The number of carbonyl (C=O) groups excluding carboxylic acids is 1. The van der Waals surface area contributed by atoms with Gasteiger partial charge in [0.15, 0.2) is 0 Å². The highest BCUT2D eigenvalue weighted by molar-refractivity contribution is 6.12. The number of rotatable bonds is 0. The third-order valence-corrected chi connectivity index (χ3v) is 2.69. The first-order chi connectivity index (χ1) is 8.25. The molecule has 1 aliphatic rings. The molecular weight excluding hydrogens is 219 g/mol. The fourth-order valence-electron chi connectivity index (χ4n) is 1.89. The van der Waals surface area contributed by atoms with Gasteiger partial charge in [-0.15, -0.1) is 0 Å². The van der Waals surface area contributed by atoms with E-state index in [1.54, 1.807) is 18.2 Å². The molecule has 0 saturated heterocycles. The second kappa shape index (κ2) is 3.59. The van der Waals surface area contributed by atoms with Crippen LogP contribution in [0.2, 0.25) is 0 Å². The van der Waals surface area contributed by atoms with Crippen molar-refractivity contribution in [2.45, 2.75) is 0 Å². The van der Waals surface area contributed by atoms with Crippen LogP contribution in [-0.2, 0) is 0 Å². The number of nitrogens with one attached hydrogen (secondary N) is 2. The first kappa shape index (κ1) is 9.84. The number of para-hydroxylation sites is 2. The predicted molar refractivity (Wildman–Crippen MR) is 64.1 cm³/mol. The topological polar surface area (TPSA) is 41.1 Å². The van der Waals surface area contributed by atoms with Crippen LogP contribution in [0.1, 0.15) is 10.4 Å². The standard InChI is InChI=1S/C13H9FN2O/c14-8-4-3-7-11-12(8)13(17)16-10-6-2-1-5-9(10)15-11/h1-7,15H,(H,16,17). The summed E-state index contributed by atoms with van der Waals surface area (Å²) < 4.78 is 13.6. The molecule has 3 nitrogen and oxygen atoms in total. The van der Waals surface area contributed by atoms with Crippen LogP contribution < -0.4 is 10.6 Å². The number of benzene rings is 2. The fourth-order valence-corrected chi connectivity index (χ4v) is 1.89. The van der Waals surface area contributed by atoms with Crippen molar-refractivity contribution in [2.24, 2.45) is 0 Å². The lowest BCUT2D eigenvalue weighted by molar-refractivity contribution is 0.102. The Morgan fingerprint density at radius 3 is 2.24 bits per heavy atom. The van der Waals surface area contributed by atoms with E-state index in [1.165, 1.54) is 6.07 Å². The number of anilines is 3. The zero-order valence-corrected chi connectivity index (χ0v) is 8.83. The van der Waals surface area contributed by atoms with Gasteiger partial charge in [0, 0.05) is 0 Å². The highest BCUT2D eigenvalue weighted by atomic mass is 19.1. The maximum atomic E-state index is 13.6. The molecule has 0 radical (unpaired) electrons. The summed E-state index contributed by atoms with van der Waals surface area (Å²) in [7, 11) is 0. The highest BCUT2D eigenvalue weighted by Gasteiger charge is 2.21. The lowest BCUT2D eigenvalue weighted by atomic mass is 10.1. The Labute approximate surface area is 97.3 Å². The summed E-state index contributed by atoms with van der Waals surface area (Å²) in [6, 6.07) is 11.8. The zero-order chi connectivity index (χ0) is 11.8. The number of hydrogen-bond acceptors (Lipinski definition) is 2. The Balaban J connectivity index is 2.21. The summed E-state index contributed by atoms with van der Waals surface area (Å²) >= 11 is 0. The van der Waals surface area contributed by atoms with Gasteiger partial charge in [0.25, 0.3) is 5.91 Å². The number of amides is 1. The molecule has 0 aromatic heterocycles. The third kappa shape index (κ3) is 1.54. The van der Waals surface area contributed by atoms with Crippen LogP contribution in [0.3, 0.4) is 0 Å². The number of fused-ring (bicyclic) bond motifs is 2. The normalized spacial score (nSPS) is 12.9. The van der Waals surface area contributed by atoms with Crippen LogP contribution in [-0.4, -0.2) is 5.91 Å². The molecule has 2 N–H and O–H groups in total. The summed E-state index contributed by atoms with van der Waals surface area (Å²) in [5.74, 6) is -0.962. The van der Waals surface area contributed by atoms with Crippen molar-refractivity contribution in [3.63, 3.8) is 0 Å². The van der Waals surface area contributed by atoms with Gasteiger partial charge in [0.1, 0.15) is 5.82 Å². The minimum Gasteiger partial charge on any atom is -0.353 e. The Morgan fingerprint density at radius 2 is 1.47 bits per heavy atom. The summed E-state index contributed by atoms with van der Waals surface area (Å²) in [6.07, 6.45) is 0. The molecule has 1 amide bonds. The fraction of sp³-hybridized carbons (Fsp3) is 0. The minimum absolute atomic E-state index is 0.0451. The van der Waals surface area contributed by atoms with Crippen molar-refractivity contribution in [3.8, 4) is 0 Å². The van der Waals surface area contributed by atoms with E-state index < -0.39 is 11.7 Å². The molecular formula is C13H9FN2O. The van der Waals surface area contributed by atoms with Gasteiger partial charge in [-0.3, -0.25) is 4.79 Å². The molecule has 0 saturated carbocycles. The molecule has 0 fully saturated rings. The van der Waals surface area contributed by atoms with Crippen molar-refractivity contribution in [3.05, 3.63) is 53.8 Å². The van der Waals surface area contributed by atoms with E-state index >= 15 is 0 Å². The third-order valence-electron chi connectivity index (χ3n) is 2.69. The van der Waals surface area contributed by atoms with Crippen LogP contribution in [0.4, 0.5) is 21.5 Å². The van der Waals surface area contributed by atoms with Gasteiger partial charge in [-0.2, -0.15) is 0 Å². The Bertz CT molecular complexity index is 610. The number of carbonyl (C=O) groups is 1. The first-order valence-corrected chi connectivity index (χ1v) is 5.21. The molecule has 0 spiro atoms. The Kier molecular flexibility index (Phi) is 2.08. The average Bonchev–Trinajstić information content (AvgIpc) is 2.45. The van der Waals surface area contributed by atoms with Crippen molar-refractivity contribution in [1.29, 1.82) is 0 Å². The highest BCUT2D eigenvalue weighted by Crippen LogP contribution is 2.32. The molecule has 0 bridgehead atoms. The van der Waals surface area contributed by atoms with Gasteiger partial charge in [-0.05, 0) is 24.3 Å². The molecule has 1 heterocycles. The van der Waals surface area contributed by atoms with E-state index in [0.29, 0.717) is 11.4 Å². The maximum absolute atomic E-state index is 13.6. The van der Waals surface area contributed by atoms with Gasteiger partial charge >= 0.3 is 0 Å². The molecule has 3 rings (SSSR count). The molecule has 4 heteroatoms. The molecule has 17 heavy (non-hydrogen) atoms. The second-order valence-electron chi connectivity index (χ2n) is 3.79. The van der Waals surface area contributed by atoms with Gasteiger partial charge < -0.3 is 10.6 Å². The van der Waals surface area contributed by atoms with Crippen LogP contribution in [0.5, 0.6) is 0 Å². The van der Waals surface area contributed by atoms with E-state index in [2.05, 4.69) is 10.6 Å².